The number of nitrogens with one attached hydrogen (secondary N) is 1. The number of nitrogens with zero attached hydrogens (tertiary/aromatic N) is 2. The van der Waals surface area contributed by atoms with Crippen LogP contribution in [-0.2, 0) is 17.8 Å². The molecule has 1 saturated carbocycles. The topological polar surface area (TPSA) is 75.3 Å². The van der Waals surface area contributed by atoms with E-state index in [0.29, 0.717) is 30.9 Å². The maximum Gasteiger partial charge on any atom is 0.256 e. The minimum atomic E-state index is -0.156. The standard InChI is InChI=1S/C20H23N3O3/c1-26-15-8-4-7-14(11-15)18-21-17-9-10-23(12-16(17)19(24)22-18)20(25)13-5-2-3-6-13/h4,7-8,11,13H,2-3,5-6,9-10,12H2,1H3,(H,21,22,24). The molecule has 1 aliphatic heterocycles. The maximum absolute atomic E-state index is 12.7. The van der Waals surface area contributed by atoms with Crippen molar-refractivity contribution < 1.29 is 9.53 Å². The first kappa shape index (κ1) is 16.8. The first-order valence-electron chi connectivity index (χ1n) is 9.21. The summed E-state index contributed by atoms with van der Waals surface area (Å²) in [5, 5.41) is 0. The highest BCUT2D eigenvalue weighted by molar-refractivity contribution is 5.79. The molecule has 1 aliphatic carbocycles. The Morgan fingerprint density at radius 1 is 1.31 bits per heavy atom. The molecule has 26 heavy (non-hydrogen) atoms. The molecule has 1 N–H and O–H groups in total. The first-order chi connectivity index (χ1) is 12.7. The van der Waals surface area contributed by atoms with Gasteiger partial charge in [0, 0.05) is 24.4 Å². The van der Waals surface area contributed by atoms with Crippen molar-refractivity contribution in [1.29, 1.82) is 0 Å². The number of rotatable bonds is 3. The second-order valence-corrected chi connectivity index (χ2v) is 7.06. The summed E-state index contributed by atoms with van der Waals surface area (Å²) in [7, 11) is 1.61. The van der Waals surface area contributed by atoms with Gasteiger partial charge in [0.15, 0.2) is 0 Å². The highest BCUT2D eigenvalue weighted by atomic mass is 16.5. The van der Waals surface area contributed by atoms with Crippen LogP contribution in [0.1, 0.15) is 36.9 Å². The number of hydrogen-bond donors (Lipinski definition) is 1. The maximum atomic E-state index is 12.7. The number of fused-ring (bicyclic) bond motifs is 1. The Bertz CT molecular complexity index is 884. The summed E-state index contributed by atoms with van der Waals surface area (Å²) in [6.07, 6.45) is 4.84. The predicted octanol–water partition coefficient (Wildman–Crippen LogP) is 2.52. The molecule has 2 aromatic rings. The zero-order valence-corrected chi connectivity index (χ0v) is 15.0. The van der Waals surface area contributed by atoms with E-state index >= 15 is 0 Å². The fourth-order valence-electron chi connectivity index (χ4n) is 3.95. The van der Waals surface area contributed by atoms with Gasteiger partial charge in [-0.1, -0.05) is 25.0 Å². The number of methoxy groups -OCH3 is 1. The van der Waals surface area contributed by atoms with Crippen molar-refractivity contribution in [2.75, 3.05) is 13.7 Å². The van der Waals surface area contributed by atoms with Gasteiger partial charge in [-0.15, -0.1) is 0 Å². The number of ether oxygens (including phenoxy) is 1. The van der Waals surface area contributed by atoms with Crippen LogP contribution in [0.5, 0.6) is 5.75 Å². The highest BCUT2D eigenvalue weighted by Crippen LogP contribution is 2.28. The summed E-state index contributed by atoms with van der Waals surface area (Å²) in [4.78, 5) is 34.7. The largest absolute Gasteiger partial charge is 0.497 e. The molecular formula is C20H23N3O3. The van der Waals surface area contributed by atoms with Gasteiger partial charge in [-0.05, 0) is 25.0 Å². The van der Waals surface area contributed by atoms with Crippen LogP contribution >= 0.6 is 0 Å². The number of carbonyl (C=O) groups is 1. The lowest BCUT2D eigenvalue weighted by Crippen LogP contribution is -2.42. The SMILES string of the molecule is COc1cccc(-c2nc3c(c(=O)[nH]2)CN(C(=O)C2CCCC2)CC3)c1. The number of benzene rings is 1. The molecule has 136 valence electrons. The van der Waals surface area contributed by atoms with Gasteiger partial charge in [0.2, 0.25) is 5.91 Å². The van der Waals surface area contributed by atoms with Gasteiger partial charge >= 0.3 is 0 Å². The van der Waals surface area contributed by atoms with E-state index in [-0.39, 0.29) is 17.4 Å². The molecule has 2 heterocycles. The molecular weight excluding hydrogens is 330 g/mol. The van der Waals surface area contributed by atoms with Crippen molar-refractivity contribution in [3.63, 3.8) is 0 Å². The molecule has 2 aliphatic rings. The number of amides is 1. The third-order valence-electron chi connectivity index (χ3n) is 5.43. The van der Waals surface area contributed by atoms with Crippen LogP contribution in [0.3, 0.4) is 0 Å². The Balaban J connectivity index is 1.61. The zero-order valence-electron chi connectivity index (χ0n) is 15.0. The Hall–Kier alpha value is -2.63. The molecule has 0 atom stereocenters. The number of hydrogen-bond acceptors (Lipinski definition) is 4. The van der Waals surface area contributed by atoms with E-state index < -0.39 is 0 Å². The Kier molecular flexibility index (Phi) is 4.49. The lowest BCUT2D eigenvalue weighted by Gasteiger charge is -2.30. The molecule has 0 spiro atoms. The first-order valence-corrected chi connectivity index (χ1v) is 9.21. The Morgan fingerprint density at radius 2 is 2.12 bits per heavy atom. The summed E-state index contributed by atoms with van der Waals surface area (Å²) < 4.78 is 5.24. The van der Waals surface area contributed by atoms with Crippen LogP contribution in [0, 0.1) is 5.92 Å². The summed E-state index contributed by atoms with van der Waals surface area (Å²) >= 11 is 0. The Morgan fingerprint density at radius 3 is 2.88 bits per heavy atom. The van der Waals surface area contributed by atoms with Gasteiger partial charge in [0.05, 0.1) is 24.9 Å². The van der Waals surface area contributed by atoms with Crippen molar-refractivity contribution >= 4 is 5.91 Å². The van der Waals surface area contributed by atoms with Gasteiger partial charge in [-0.25, -0.2) is 4.98 Å². The van der Waals surface area contributed by atoms with Crippen LogP contribution in [-0.4, -0.2) is 34.4 Å². The number of aromatic amines is 1. The monoisotopic (exact) mass is 353 g/mol. The van der Waals surface area contributed by atoms with E-state index in [0.717, 1.165) is 42.7 Å². The molecule has 6 nitrogen and oxygen atoms in total. The summed E-state index contributed by atoms with van der Waals surface area (Å²) in [5.41, 5.74) is 2.07. The molecule has 0 radical (unpaired) electrons. The highest BCUT2D eigenvalue weighted by Gasteiger charge is 2.30. The second kappa shape index (κ2) is 6.94. The normalized spacial score (nSPS) is 17.2. The minimum absolute atomic E-state index is 0.139. The molecule has 1 fully saturated rings. The van der Waals surface area contributed by atoms with E-state index in [4.69, 9.17) is 4.74 Å². The number of carbonyl (C=O) groups excluding carboxylic acids is 1. The van der Waals surface area contributed by atoms with E-state index in [1.807, 2.05) is 29.2 Å². The van der Waals surface area contributed by atoms with Crippen LogP contribution in [0.15, 0.2) is 29.1 Å². The number of H-pyrrole nitrogens is 1. The Labute approximate surface area is 152 Å². The van der Waals surface area contributed by atoms with Gasteiger partial charge in [-0.2, -0.15) is 0 Å². The quantitative estimate of drug-likeness (QED) is 0.920. The molecule has 1 aromatic carbocycles. The van der Waals surface area contributed by atoms with Gasteiger partial charge in [0.1, 0.15) is 11.6 Å². The third kappa shape index (κ3) is 3.11. The third-order valence-corrected chi connectivity index (χ3v) is 5.43. The lowest BCUT2D eigenvalue weighted by atomic mass is 10.0. The molecule has 4 rings (SSSR count). The minimum Gasteiger partial charge on any atom is -0.497 e. The molecule has 6 heteroatoms. The fourth-order valence-corrected chi connectivity index (χ4v) is 3.95. The summed E-state index contributed by atoms with van der Waals surface area (Å²) in [6, 6.07) is 7.47. The van der Waals surface area contributed by atoms with Gasteiger partial charge in [-0.3, -0.25) is 9.59 Å². The van der Waals surface area contributed by atoms with Crippen LogP contribution in [0.2, 0.25) is 0 Å². The van der Waals surface area contributed by atoms with Crippen molar-refractivity contribution in [3.8, 4) is 17.1 Å². The second-order valence-electron chi connectivity index (χ2n) is 7.06. The average molecular weight is 353 g/mol. The number of aromatic nitrogens is 2. The molecule has 1 aromatic heterocycles. The summed E-state index contributed by atoms with van der Waals surface area (Å²) in [5.74, 6) is 1.60. The van der Waals surface area contributed by atoms with Crippen molar-refractivity contribution in [2.45, 2.75) is 38.6 Å². The smallest absolute Gasteiger partial charge is 0.256 e. The molecule has 0 bridgehead atoms. The van der Waals surface area contributed by atoms with Crippen LogP contribution in [0.4, 0.5) is 0 Å². The lowest BCUT2D eigenvalue weighted by molar-refractivity contribution is -0.136. The van der Waals surface area contributed by atoms with Crippen molar-refractivity contribution in [1.82, 2.24) is 14.9 Å². The van der Waals surface area contributed by atoms with E-state index in [2.05, 4.69) is 9.97 Å². The van der Waals surface area contributed by atoms with Crippen molar-refractivity contribution in [3.05, 3.63) is 45.9 Å². The van der Waals surface area contributed by atoms with Crippen LogP contribution in [0.25, 0.3) is 11.4 Å². The fraction of sp³-hybridized carbons (Fsp3) is 0.450. The zero-order chi connectivity index (χ0) is 18.1. The van der Waals surface area contributed by atoms with E-state index in [1.54, 1.807) is 7.11 Å². The van der Waals surface area contributed by atoms with Gasteiger partial charge in [0.25, 0.3) is 5.56 Å². The van der Waals surface area contributed by atoms with Crippen molar-refractivity contribution in [2.24, 2.45) is 5.92 Å². The molecule has 0 unspecified atom stereocenters. The van der Waals surface area contributed by atoms with Crippen LogP contribution < -0.4 is 10.3 Å². The molecule has 1 amide bonds. The van der Waals surface area contributed by atoms with E-state index in [1.165, 1.54) is 0 Å². The van der Waals surface area contributed by atoms with E-state index in [9.17, 15) is 9.59 Å². The predicted molar refractivity (Wildman–Crippen MR) is 97.9 cm³/mol. The van der Waals surface area contributed by atoms with Gasteiger partial charge < -0.3 is 14.6 Å². The summed E-state index contributed by atoms with van der Waals surface area (Å²) in [6.45, 7) is 1.00. The average Bonchev–Trinajstić information content (AvgIpc) is 3.22. The molecule has 0 saturated heterocycles.